The molecule has 194 valence electrons. The molecule has 0 unspecified atom stereocenters. The number of hydrogen-bond donors (Lipinski definition) is 0. The second-order valence-corrected chi connectivity index (χ2v) is 11.7. The number of aromatic nitrogens is 2. The molecule has 2 saturated heterocycles. The van der Waals surface area contributed by atoms with Crippen LogP contribution in [0.4, 0.5) is 10.3 Å². The van der Waals surface area contributed by atoms with Crippen molar-refractivity contribution in [1.82, 2.24) is 9.97 Å². The summed E-state index contributed by atoms with van der Waals surface area (Å²) in [5.74, 6) is 2.67. The Bertz CT molecular complexity index is 1040. The molecule has 0 bridgehead atoms. The van der Waals surface area contributed by atoms with E-state index in [-0.39, 0.29) is 5.82 Å². The van der Waals surface area contributed by atoms with E-state index in [2.05, 4.69) is 21.8 Å². The van der Waals surface area contributed by atoms with E-state index in [4.69, 9.17) is 14.0 Å². The van der Waals surface area contributed by atoms with Crippen molar-refractivity contribution < 1.29 is 18.4 Å². The molecule has 0 radical (unpaired) electrons. The summed E-state index contributed by atoms with van der Waals surface area (Å²) < 4.78 is 32.9. The van der Waals surface area contributed by atoms with Crippen molar-refractivity contribution in [2.24, 2.45) is 17.8 Å². The Morgan fingerprint density at radius 2 is 1.72 bits per heavy atom. The first-order chi connectivity index (χ1) is 17.2. The number of hydrogen-bond acceptors (Lipinski definition) is 6. The quantitative estimate of drug-likeness (QED) is 0.501. The molecule has 36 heavy (non-hydrogen) atoms. The number of halogens is 1. The maximum absolute atomic E-state index is 14.9. The molecule has 2 aromatic rings. The van der Waals surface area contributed by atoms with Gasteiger partial charge >= 0.3 is 7.12 Å². The summed E-state index contributed by atoms with van der Waals surface area (Å²) in [6.07, 6.45) is 8.47. The van der Waals surface area contributed by atoms with Crippen molar-refractivity contribution in [3.05, 3.63) is 47.5 Å². The van der Waals surface area contributed by atoms with E-state index in [0.29, 0.717) is 18.0 Å². The molecule has 1 aliphatic carbocycles. The zero-order valence-electron chi connectivity index (χ0n) is 22.3. The lowest BCUT2D eigenvalue weighted by Crippen LogP contribution is -2.41. The number of piperidine rings is 1. The normalized spacial score (nSPS) is 25.4. The van der Waals surface area contributed by atoms with Crippen LogP contribution in [0.15, 0.2) is 30.6 Å². The van der Waals surface area contributed by atoms with Crippen LogP contribution in [0.2, 0.25) is 0 Å². The van der Waals surface area contributed by atoms with Gasteiger partial charge in [-0.1, -0.05) is 19.1 Å². The smallest absolute Gasteiger partial charge is 0.399 e. The summed E-state index contributed by atoms with van der Waals surface area (Å²) in [6, 6.07) is 5.23. The second kappa shape index (κ2) is 10.0. The zero-order valence-corrected chi connectivity index (χ0v) is 22.3. The highest BCUT2D eigenvalue weighted by Gasteiger charge is 2.52. The summed E-state index contributed by atoms with van der Waals surface area (Å²) in [5, 5.41) is 0. The number of benzene rings is 1. The highest BCUT2D eigenvalue weighted by molar-refractivity contribution is 6.62. The molecule has 0 amide bonds. The van der Waals surface area contributed by atoms with Crippen LogP contribution in [-0.4, -0.2) is 48.0 Å². The van der Waals surface area contributed by atoms with Crippen LogP contribution in [0.3, 0.4) is 0 Å². The third-order valence-electron chi connectivity index (χ3n) is 8.68. The topological polar surface area (TPSA) is 56.7 Å². The number of anilines is 1. The van der Waals surface area contributed by atoms with Crippen LogP contribution < -0.4 is 10.4 Å². The van der Waals surface area contributed by atoms with Crippen molar-refractivity contribution in [2.75, 3.05) is 24.6 Å². The average molecular weight is 495 g/mol. The van der Waals surface area contributed by atoms with E-state index in [1.165, 1.54) is 24.8 Å². The van der Waals surface area contributed by atoms with Crippen molar-refractivity contribution in [1.29, 1.82) is 0 Å². The van der Waals surface area contributed by atoms with Gasteiger partial charge in [0.25, 0.3) is 0 Å². The van der Waals surface area contributed by atoms with Gasteiger partial charge in [-0.25, -0.2) is 14.4 Å². The van der Waals surface area contributed by atoms with E-state index >= 15 is 0 Å². The molecule has 6 nitrogen and oxygen atoms in total. The number of rotatable bonds is 8. The van der Waals surface area contributed by atoms with Crippen LogP contribution in [0.25, 0.3) is 0 Å². The minimum atomic E-state index is -0.689. The van der Waals surface area contributed by atoms with E-state index in [0.717, 1.165) is 49.5 Å². The van der Waals surface area contributed by atoms with Gasteiger partial charge in [-0.3, -0.25) is 0 Å². The molecule has 2 atom stereocenters. The predicted octanol–water partition coefficient (Wildman–Crippen LogP) is 4.55. The molecule has 3 fully saturated rings. The fourth-order valence-corrected chi connectivity index (χ4v) is 5.41. The SMILES string of the molecule is CCc1cnc(N2CCC([C@H]3C[C@H]3COCc3ccc(B4OC(C)(C)C(C)(C)O4)c(F)c3)CC2)nc1. The molecular formula is C28H39BFN3O3. The fourth-order valence-electron chi connectivity index (χ4n) is 5.41. The lowest BCUT2D eigenvalue weighted by atomic mass is 9.78. The molecule has 3 aliphatic rings. The van der Waals surface area contributed by atoms with Crippen LogP contribution in [0.5, 0.6) is 0 Å². The summed E-state index contributed by atoms with van der Waals surface area (Å²) >= 11 is 0. The first-order valence-electron chi connectivity index (χ1n) is 13.4. The Hall–Kier alpha value is -2.03. The number of ether oxygens (including phenoxy) is 1. The summed E-state index contributed by atoms with van der Waals surface area (Å²) in [4.78, 5) is 11.4. The molecule has 1 aromatic heterocycles. The first kappa shape index (κ1) is 25.6. The molecule has 5 rings (SSSR count). The molecule has 0 N–H and O–H groups in total. The van der Waals surface area contributed by atoms with Crippen molar-refractivity contribution >= 4 is 18.5 Å². The van der Waals surface area contributed by atoms with Crippen molar-refractivity contribution in [3.8, 4) is 0 Å². The molecule has 1 aromatic carbocycles. The molecule has 3 heterocycles. The van der Waals surface area contributed by atoms with E-state index in [1.807, 2.05) is 46.2 Å². The van der Waals surface area contributed by atoms with Crippen LogP contribution in [-0.2, 0) is 27.1 Å². The highest BCUT2D eigenvalue weighted by Crippen LogP contribution is 2.48. The molecular weight excluding hydrogens is 456 g/mol. The van der Waals surface area contributed by atoms with Crippen LogP contribution >= 0.6 is 0 Å². The minimum Gasteiger partial charge on any atom is -0.399 e. The number of aryl methyl sites for hydroxylation is 1. The highest BCUT2D eigenvalue weighted by atomic mass is 19.1. The second-order valence-electron chi connectivity index (χ2n) is 11.7. The van der Waals surface area contributed by atoms with Gasteiger partial charge in [-0.2, -0.15) is 0 Å². The third-order valence-corrected chi connectivity index (χ3v) is 8.68. The van der Waals surface area contributed by atoms with Crippen molar-refractivity contribution in [2.45, 2.75) is 78.1 Å². The Morgan fingerprint density at radius 1 is 1.06 bits per heavy atom. The Morgan fingerprint density at radius 3 is 2.33 bits per heavy atom. The Balaban J connectivity index is 1.05. The van der Waals surface area contributed by atoms with E-state index < -0.39 is 18.3 Å². The van der Waals surface area contributed by atoms with Gasteiger partial charge < -0.3 is 18.9 Å². The maximum atomic E-state index is 14.9. The number of nitrogens with zero attached hydrogens (tertiary/aromatic N) is 3. The lowest BCUT2D eigenvalue weighted by molar-refractivity contribution is 0.00578. The van der Waals surface area contributed by atoms with Gasteiger partial charge in [0.05, 0.1) is 24.4 Å². The maximum Gasteiger partial charge on any atom is 0.497 e. The Kier molecular flexibility index (Phi) is 7.14. The van der Waals surface area contributed by atoms with Crippen LogP contribution in [0, 0.1) is 23.6 Å². The van der Waals surface area contributed by atoms with Gasteiger partial charge in [0.15, 0.2) is 0 Å². The van der Waals surface area contributed by atoms with Gasteiger partial charge in [0.1, 0.15) is 5.82 Å². The predicted molar refractivity (Wildman–Crippen MR) is 140 cm³/mol. The average Bonchev–Trinajstić information content (AvgIpc) is 3.58. The van der Waals surface area contributed by atoms with Crippen molar-refractivity contribution in [3.63, 3.8) is 0 Å². The Labute approximate surface area is 215 Å². The van der Waals surface area contributed by atoms with Crippen LogP contribution in [0.1, 0.15) is 65.0 Å². The molecule has 1 saturated carbocycles. The van der Waals surface area contributed by atoms with Gasteiger partial charge in [0, 0.05) is 30.9 Å². The zero-order chi connectivity index (χ0) is 25.5. The molecule has 2 aliphatic heterocycles. The largest absolute Gasteiger partial charge is 0.497 e. The van der Waals surface area contributed by atoms with Gasteiger partial charge in [-0.15, -0.1) is 0 Å². The molecule has 8 heteroatoms. The van der Waals surface area contributed by atoms with Gasteiger partial charge in [0.2, 0.25) is 5.95 Å². The summed E-state index contributed by atoms with van der Waals surface area (Å²) in [5.41, 5.74) is 1.48. The lowest BCUT2D eigenvalue weighted by Gasteiger charge is -2.32. The van der Waals surface area contributed by atoms with E-state index in [9.17, 15) is 4.39 Å². The summed E-state index contributed by atoms with van der Waals surface area (Å²) in [7, 11) is -0.689. The summed E-state index contributed by atoms with van der Waals surface area (Å²) in [6.45, 7) is 13.2. The third kappa shape index (κ3) is 5.31. The first-order valence-corrected chi connectivity index (χ1v) is 13.4. The monoisotopic (exact) mass is 495 g/mol. The fraction of sp³-hybridized carbons (Fsp3) is 0.643. The minimum absolute atomic E-state index is 0.307. The van der Waals surface area contributed by atoms with Gasteiger partial charge in [-0.05, 0) is 88.3 Å². The standard InChI is InChI=1S/C28H39BFN3O3/c1-6-19-15-31-26(32-16-19)33-11-9-21(10-12-33)23-14-22(23)18-34-17-20-7-8-24(25(30)13-20)29-35-27(2,3)28(4,5)36-29/h7-8,13,15-16,21-23H,6,9-12,14,17-18H2,1-5H3/t22-,23+/m0/s1. The molecule has 0 spiro atoms. The van der Waals surface area contributed by atoms with E-state index in [1.54, 1.807) is 12.1 Å².